The monoisotopic (exact) mass is 403 g/mol. The SMILES string of the molecule is C[C@H](OC(=O)CNC(=O)c1cccc([N+](=O)[O-])c1)C(=O)NCCC1=CCCCC1. The molecule has 9 heteroatoms. The van der Waals surface area contributed by atoms with Crippen LogP contribution in [0, 0.1) is 10.1 Å². The van der Waals surface area contributed by atoms with Crippen molar-refractivity contribution < 1.29 is 24.0 Å². The van der Waals surface area contributed by atoms with Crippen molar-refractivity contribution >= 4 is 23.5 Å². The number of non-ortho nitro benzene ring substituents is 1. The normalized spacial score (nSPS) is 14.3. The van der Waals surface area contributed by atoms with Gasteiger partial charge in [0, 0.05) is 24.2 Å². The molecule has 2 rings (SSSR count). The number of hydrogen-bond donors (Lipinski definition) is 2. The van der Waals surface area contributed by atoms with Gasteiger partial charge in [-0.2, -0.15) is 0 Å². The average molecular weight is 403 g/mol. The van der Waals surface area contributed by atoms with E-state index in [4.69, 9.17) is 4.74 Å². The van der Waals surface area contributed by atoms with Gasteiger partial charge in [-0.25, -0.2) is 0 Å². The van der Waals surface area contributed by atoms with Crippen LogP contribution in [-0.4, -0.2) is 41.9 Å². The molecule has 0 spiro atoms. The molecule has 0 unspecified atom stereocenters. The zero-order valence-electron chi connectivity index (χ0n) is 16.3. The number of benzene rings is 1. The molecule has 0 saturated carbocycles. The summed E-state index contributed by atoms with van der Waals surface area (Å²) in [6.07, 6.45) is 6.53. The zero-order valence-corrected chi connectivity index (χ0v) is 16.3. The highest BCUT2D eigenvalue weighted by molar-refractivity contribution is 5.96. The Balaban J connectivity index is 1.71. The predicted octanol–water partition coefficient (Wildman–Crippen LogP) is 2.26. The molecule has 9 nitrogen and oxygen atoms in total. The number of esters is 1. The molecule has 0 fully saturated rings. The number of ether oxygens (including phenoxy) is 1. The van der Waals surface area contributed by atoms with Gasteiger partial charge in [0.2, 0.25) is 0 Å². The van der Waals surface area contributed by atoms with Crippen molar-refractivity contribution in [3.05, 3.63) is 51.6 Å². The van der Waals surface area contributed by atoms with Crippen LogP contribution >= 0.6 is 0 Å². The summed E-state index contributed by atoms with van der Waals surface area (Å²) in [5, 5.41) is 15.8. The molecule has 1 aliphatic rings. The summed E-state index contributed by atoms with van der Waals surface area (Å²) >= 11 is 0. The van der Waals surface area contributed by atoms with Crippen molar-refractivity contribution in [1.29, 1.82) is 0 Å². The number of carbonyl (C=O) groups excluding carboxylic acids is 3. The summed E-state index contributed by atoms with van der Waals surface area (Å²) < 4.78 is 5.01. The summed E-state index contributed by atoms with van der Waals surface area (Å²) in [6.45, 7) is 1.48. The van der Waals surface area contributed by atoms with Crippen molar-refractivity contribution in [2.75, 3.05) is 13.1 Å². The third-order valence-electron chi connectivity index (χ3n) is 4.52. The molecule has 2 amide bonds. The molecule has 1 aromatic rings. The number of nitro groups is 1. The van der Waals surface area contributed by atoms with Crippen LogP contribution in [0.15, 0.2) is 35.9 Å². The van der Waals surface area contributed by atoms with Crippen LogP contribution in [-0.2, 0) is 14.3 Å². The first-order chi connectivity index (χ1) is 13.9. The Bertz CT molecular complexity index is 805. The molecule has 0 saturated heterocycles. The predicted molar refractivity (Wildman–Crippen MR) is 105 cm³/mol. The Labute approximate surface area is 168 Å². The molecular weight excluding hydrogens is 378 g/mol. The summed E-state index contributed by atoms with van der Waals surface area (Å²) in [5.74, 6) is -1.83. The number of carbonyl (C=O) groups is 3. The van der Waals surface area contributed by atoms with Crippen molar-refractivity contribution in [1.82, 2.24) is 10.6 Å². The first-order valence-electron chi connectivity index (χ1n) is 9.54. The van der Waals surface area contributed by atoms with Crippen LogP contribution in [0.3, 0.4) is 0 Å². The van der Waals surface area contributed by atoms with E-state index in [1.54, 1.807) is 0 Å². The van der Waals surface area contributed by atoms with Crippen LogP contribution in [0.25, 0.3) is 0 Å². The minimum Gasteiger partial charge on any atom is -0.451 e. The van der Waals surface area contributed by atoms with E-state index in [0.717, 1.165) is 25.3 Å². The maximum Gasteiger partial charge on any atom is 0.326 e. The molecule has 29 heavy (non-hydrogen) atoms. The van der Waals surface area contributed by atoms with E-state index in [9.17, 15) is 24.5 Å². The van der Waals surface area contributed by atoms with Gasteiger partial charge in [-0.1, -0.05) is 17.7 Å². The molecule has 1 atom stereocenters. The van der Waals surface area contributed by atoms with Crippen molar-refractivity contribution in [3.8, 4) is 0 Å². The average Bonchev–Trinajstić information content (AvgIpc) is 2.72. The van der Waals surface area contributed by atoms with Gasteiger partial charge in [0.15, 0.2) is 6.10 Å². The molecule has 0 aliphatic heterocycles. The fourth-order valence-electron chi connectivity index (χ4n) is 2.93. The maximum atomic E-state index is 12.0. The van der Waals surface area contributed by atoms with Crippen LogP contribution in [0.1, 0.15) is 49.4 Å². The quantitative estimate of drug-likeness (QED) is 0.282. The van der Waals surface area contributed by atoms with Gasteiger partial charge in [0.1, 0.15) is 6.54 Å². The number of rotatable bonds is 9. The minimum absolute atomic E-state index is 0.0507. The van der Waals surface area contributed by atoms with Crippen molar-refractivity contribution in [2.24, 2.45) is 0 Å². The van der Waals surface area contributed by atoms with Gasteiger partial charge < -0.3 is 15.4 Å². The van der Waals surface area contributed by atoms with Gasteiger partial charge in [-0.15, -0.1) is 0 Å². The molecular formula is C20H25N3O6. The molecule has 2 N–H and O–H groups in total. The Kier molecular flexibility index (Phi) is 8.32. The number of nitro benzene ring substituents is 1. The molecule has 156 valence electrons. The summed E-state index contributed by atoms with van der Waals surface area (Å²) in [5.41, 5.74) is 1.16. The van der Waals surface area contributed by atoms with Crippen LogP contribution in [0.4, 0.5) is 5.69 Å². The number of allylic oxidation sites excluding steroid dienone is 1. The first kappa shape index (κ1) is 22.1. The molecule has 0 bridgehead atoms. The second-order valence-electron chi connectivity index (χ2n) is 6.77. The van der Waals surface area contributed by atoms with Gasteiger partial charge in [0.25, 0.3) is 17.5 Å². The lowest BCUT2D eigenvalue weighted by molar-refractivity contribution is -0.384. The molecule has 0 aromatic heterocycles. The Morgan fingerprint density at radius 1 is 1.24 bits per heavy atom. The topological polar surface area (TPSA) is 128 Å². The number of amides is 2. The van der Waals surface area contributed by atoms with E-state index >= 15 is 0 Å². The van der Waals surface area contributed by atoms with E-state index in [1.807, 2.05) is 0 Å². The van der Waals surface area contributed by atoms with E-state index in [1.165, 1.54) is 43.5 Å². The Morgan fingerprint density at radius 2 is 2.03 bits per heavy atom. The highest BCUT2D eigenvalue weighted by atomic mass is 16.6. The van der Waals surface area contributed by atoms with Gasteiger partial charge >= 0.3 is 5.97 Å². The fourth-order valence-corrected chi connectivity index (χ4v) is 2.93. The number of hydrogen-bond acceptors (Lipinski definition) is 6. The number of nitrogens with one attached hydrogen (secondary N) is 2. The third kappa shape index (κ3) is 7.36. The Morgan fingerprint density at radius 3 is 2.72 bits per heavy atom. The van der Waals surface area contributed by atoms with Crippen molar-refractivity contribution in [2.45, 2.75) is 45.1 Å². The lowest BCUT2D eigenvalue weighted by Crippen LogP contribution is -2.39. The lowest BCUT2D eigenvalue weighted by Gasteiger charge is -2.15. The second-order valence-corrected chi connectivity index (χ2v) is 6.77. The number of nitrogens with zero attached hydrogens (tertiary/aromatic N) is 1. The van der Waals surface area contributed by atoms with Gasteiger partial charge in [-0.05, 0) is 45.1 Å². The van der Waals surface area contributed by atoms with Gasteiger partial charge in [-0.3, -0.25) is 24.5 Å². The highest BCUT2D eigenvalue weighted by Gasteiger charge is 2.19. The van der Waals surface area contributed by atoms with E-state index in [2.05, 4.69) is 16.7 Å². The van der Waals surface area contributed by atoms with E-state index < -0.39 is 35.4 Å². The van der Waals surface area contributed by atoms with Crippen LogP contribution < -0.4 is 10.6 Å². The first-order valence-corrected chi connectivity index (χ1v) is 9.54. The summed E-state index contributed by atoms with van der Waals surface area (Å²) in [4.78, 5) is 46.0. The Hall–Kier alpha value is -3.23. The van der Waals surface area contributed by atoms with Gasteiger partial charge in [0.05, 0.1) is 4.92 Å². The molecule has 0 heterocycles. The minimum atomic E-state index is -0.988. The maximum absolute atomic E-state index is 12.0. The van der Waals surface area contributed by atoms with Crippen molar-refractivity contribution in [3.63, 3.8) is 0 Å². The van der Waals surface area contributed by atoms with Crippen LogP contribution in [0.5, 0.6) is 0 Å². The standard InChI is InChI=1S/C20H25N3O6/c1-14(19(25)21-11-10-15-6-3-2-4-7-15)29-18(24)13-22-20(26)16-8-5-9-17(12-16)23(27)28/h5-6,8-9,12,14H,2-4,7,10-11,13H2,1H3,(H,21,25)(H,22,26)/t14-/m0/s1. The second kappa shape index (κ2) is 10.9. The van der Waals surface area contributed by atoms with Crippen LogP contribution in [0.2, 0.25) is 0 Å². The van der Waals surface area contributed by atoms with E-state index in [0.29, 0.717) is 6.54 Å². The zero-order chi connectivity index (χ0) is 21.2. The molecule has 0 radical (unpaired) electrons. The molecule has 1 aliphatic carbocycles. The lowest BCUT2D eigenvalue weighted by atomic mass is 9.97. The van der Waals surface area contributed by atoms with E-state index in [-0.39, 0.29) is 11.3 Å². The highest BCUT2D eigenvalue weighted by Crippen LogP contribution is 2.19. The summed E-state index contributed by atoms with van der Waals surface area (Å²) in [6, 6.07) is 5.14. The smallest absolute Gasteiger partial charge is 0.326 e. The third-order valence-corrected chi connectivity index (χ3v) is 4.52. The fraction of sp³-hybridized carbons (Fsp3) is 0.450. The molecule has 1 aromatic carbocycles. The summed E-state index contributed by atoms with van der Waals surface area (Å²) in [7, 11) is 0. The largest absolute Gasteiger partial charge is 0.451 e.